The van der Waals surface area contributed by atoms with Gasteiger partial charge in [-0.15, -0.1) is 11.6 Å². The molecule has 0 atom stereocenters. The van der Waals surface area contributed by atoms with Crippen molar-refractivity contribution in [3.05, 3.63) is 17.8 Å². The van der Waals surface area contributed by atoms with Crippen molar-refractivity contribution in [3.8, 4) is 0 Å². The largest absolute Gasteiger partial charge is 0.446 e. The van der Waals surface area contributed by atoms with Crippen LogP contribution in [0.4, 0.5) is 0 Å². The summed E-state index contributed by atoms with van der Waals surface area (Å²) >= 11 is 5.55. The number of alkyl halides is 1. The SMILES string of the molecule is CCCc1cnc(CCCCl)o1. The lowest BCUT2D eigenvalue weighted by Gasteiger charge is -1.91. The highest BCUT2D eigenvalue weighted by Crippen LogP contribution is 2.08. The van der Waals surface area contributed by atoms with Crippen molar-refractivity contribution in [3.63, 3.8) is 0 Å². The van der Waals surface area contributed by atoms with Crippen LogP contribution in [0.15, 0.2) is 10.6 Å². The van der Waals surface area contributed by atoms with Crippen LogP contribution < -0.4 is 0 Å². The average Bonchev–Trinajstić information content (AvgIpc) is 2.50. The number of hydrogen-bond donors (Lipinski definition) is 0. The molecule has 2 nitrogen and oxygen atoms in total. The van der Waals surface area contributed by atoms with Crippen molar-refractivity contribution < 1.29 is 4.42 Å². The van der Waals surface area contributed by atoms with Crippen molar-refractivity contribution in [2.75, 3.05) is 5.88 Å². The van der Waals surface area contributed by atoms with E-state index in [1.54, 1.807) is 0 Å². The molecule has 3 heteroatoms. The molecule has 68 valence electrons. The van der Waals surface area contributed by atoms with E-state index in [4.69, 9.17) is 16.0 Å². The number of aryl methyl sites for hydroxylation is 2. The fourth-order valence-corrected chi connectivity index (χ4v) is 1.18. The highest BCUT2D eigenvalue weighted by Gasteiger charge is 2.01. The van der Waals surface area contributed by atoms with E-state index in [0.717, 1.165) is 37.3 Å². The molecular weight excluding hydrogens is 174 g/mol. The highest BCUT2D eigenvalue weighted by molar-refractivity contribution is 6.17. The molecule has 1 aromatic rings. The van der Waals surface area contributed by atoms with E-state index in [-0.39, 0.29) is 0 Å². The molecule has 0 spiro atoms. The Balaban J connectivity index is 2.41. The second kappa shape index (κ2) is 5.20. The van der Waals surface area contributed by atoms with Crippen LogP contribution in [-0.2, 0) is 12.8 Å². The molecule has 0 N–H and O–H groups in total. The van der Waals surface area contributed by atoms with Gasteiger partial charge in [-0.05, 0) is 12.8 Å². The van der Waals surface area contributed by atoms with Gasteiger partial charge in [-0.3, -0.25) is 0 Å². The van der Waals surface area contributed by atoms with Crippen LogP contribution in [0.5, 0.6) is 0 Å². The van der Waals surface area contributed by atoms with Gasteiger partial charge < -0.3 is 4.42 Å². The van der Waals surface area contributed by atoms with Crippen molar-refractivity contribution in [2.45, 2.75) is 32.6 Å². The van der Waals surface area contributed by atoms with Gasteiger partial charge in [0.05, 0.1) is 6.20 Å². The first-order chi connectivity index (χ1) is 5.86. The van der Waals surface area contributed by atoms with Crippen LogP contribution in [0.2, 0.25) is 0 Å². The van der Waals surface area contributed by atoms with Crippen LogP contribution in [-0.4, -0.2) is 10.9 Å². The molecule has 0 radical (unpaired) electrons. The first-order valence-electron chi connectivity index (χ1n) is 4.36. The van der Waals surface area contributed by atoms with Gasteiger partial charge in [0.25, 0.3) is 0 Å². The summed E-state index contributed by atoms with van der Waals surface area (Å²) in [7, 11) is 0. The minimum absolute atomic E-state index is 0.672. The lowest BCUT2D eigenvalue weighted by Crippen LogP contribution is -1.84. The van der Waals surface area contributed by atoms with Crippen LogP contribution in [0, 0.1) is 0 Å². The Bertz CT molecular complexity index is 222. The molecule has 0 aliphatic carbocycles. The molecule has 12 heavy (non-hydrogen) atoms. The van der Waals surface area contributed by atoms with Crippen LogP contribution in [0.1, 0.15) is 31.4 Å². The van der Waals surface area contributed by atoms with Crippen LogP contribution in [0.25, 0.3) is 0 Å². The molecule has 1 rings (SSSR count). The van der Waals surface area contributed by atoms with E-state index in [1.807, 2.05) is 6.20 Å². The molecule has 0 aliphatic heterocycles. The van der Waals surface area contributed by atoms with E-state index >= 15 is 0 Å². The minimum atomic E-state index is 0.672. The molecule has 0 aromatic carbocycles. The summed E-state index contributed by atoms with van der Waals surface area (Å²) in [5.74, 6) is 2.48. The predicted octanol–water partition coefficient (Wildman–Crippen LogP) is 2.80. The fourth-order valence-electron chi connectivity index (χ4n) is 1.04. The van der Waals surface area contributed by atoms with E-state index in [9.17, 15) is 0 Å². The summed E-state index contributed by atoms with van der Waals surface area (Å²) in [4.78, 5) is 4.15. The fraction of sp³-hybridized carbons (Fsp3) is 0.667. The maximum Gasteiger partial charge on any atom is 0.194 e. The van der Waals surface area contributed by atoms with Crippen molar-refractivity contribution in [2.24, 2.45) is 0 Å². The number of oxazole rings is 1. The third-order valence-electron chi connectivity index (χ3n) is 1.62. The standard InChI is InChI=1S/C9H14ClNO/c1-2-4-8-7-11-9(12-8)5-3-6-10/h7H,2-6H2,1H3. The van der Waals surface area contributed by atoms with Crippen molar-refractivity contribution >= 4 is 11.6 Å². The zero-order chi connectivity index (χ0) is 8.81. The first-order valence-corrected chi connectivity index (χ1v) is 4.89. The van der Waals surface area contributed by atoms with Gasteiger partial charge in [0, 0.05) is 18.7 Å². The van der Waals surface area contributed by atoms with Crippen molar-refractivity contribution in [1.29, 1.82) is 0 Å². The molecule has 0 unspecified atom stereocenters. The second-order valence-corrected chi connectivity index (χ2v) is 3.14. The molecule has 1 aromatic heterocycles. The number of rotatable bonds is 5. The number of nitrogens with zero attached hydrogens (tertiary/aromatic N) is 1. The molecule has 0 bridgehead atoms. The van der Waals surface area contributed by atoms with E-state index in [2.05, 4.69) is 11.9 Å². The lowest BCUT2D eigenvalue weighted by atomic mass is 10.3. The Hall–Kier alpha value is -0.500. The third-order valence-corrected chi connectivity index (χ3v) is 1.89. The predicted molar refractivity (Wildman–Crippen MR) is 49.5 cm³/mol. The number of aromatic nitrogens is 1. The number of halogens is 1. The summed E-state index contributed by atoms with van der Waals surface area (Å²) < 4.78 is 5.46. The number of hydrogen-bond acceptors (Lipinski definition) is 2. The molecule has 1 heterocycles. The third kappa shape index (κ3) is 2.86. The summed E-state index contributed by atoms with van der Waals surface area (Å²) in [6, 6.07) is 0. The Labute approximate surface area is 77.9 Å². The van der Waals surface area contributed by atoms with Gasteiger partial charge in [-0.1, -0.05) is 6.92 Å². The Kier molecular flexibility index (Phi) is 4.15. The molecule has 0 saturated carbocycles. The topological polar surface area (TPSA) is 26.0 Å². The van der Waals surface area contributed by atoms with Crippen LogP contribution in [0.3, 0.4) is 0 Å². The Morgan fingerprint density at radius 3 is 3.00 bits per heavy atom. The van der Waals surface area contributed by atoms with E-state index in [1.165, 1.54) is 0 Å². The quantitative estimate of drug-likeness (QED) is 0.663. The van der Waals surface area contributed by atoms with Crippen LogP contribution >= 0.6 is 11.6 Å². The summed E-state index contributed by atoms with van der Waals surface area (Å²) in [5.41, 5.74) is 0. The second-order valence-electron chi connectivity index (χ2n) is 2.76. The van der Waals surface area contributed by atoms with Gasteiger partial charge >= 0.3 is 0 Å². The molecule has 0 amide bonds. The van der Waals surface area contributed by atoms with Crippen molar-refractivity contribution in [1.82, 2.24) is 4.98 Å². The highest BCUT2D eigenvalue weighted by atomic mass is 35.5. The maximum atomic E-state index is 5.55. The Morgan fingerprint density at radius 1 is 1.50 bits per heavy atom. The maximum absolute atomic E-state index is 5.55. The monoisotopic (exact) mass is 187 g/mol. The minimum Gasteiger partial charge on any atom is -0.446 e. The Morgan fingerprint density at radius 2 is 2.33 bits per heavy atom. The molecule has 0 saturated heterocycles. The first kappa shape index (κ1) is 9.59. The normalized spacial score (nSPS) is 10.5. The van der Waals surface area contributed by atoms with E-state index in [0.29, 0.717) is 5.88 Å². The molecule has 0 fully saturated rings. The molecule has 0 aliphatic rings. The van der Waals surface area contributed by atoms with Gasteiger partial charge in [-0.2, -0.15) is 0 Å². The van der Waals surface area contributed by atoms with Gasteiger partial charge in [-0.25, -0.2) is 4.98 Å². The van der Waals surface area contributed by atoms with Gasteiger partial charge in [0.1, 0.15) is 5.76 Å². The zero-order valence-electron chi connectivity index (χ0n) is 7.35. The van der Waals surface area contributed by atoms with Gasteiger partial charge in [0.2, 0.25) is 0 Å². The van der Waals surface area contributed by atoms with E-state index < -0.39 is 0 Å². The van der Waals surface area contributed by atoms with Gasteiger partial charge in [0.15, 0.2) is 5.89 Å². The smallest absolute Gasteiger partial charge is 0.194 e. The lowest BCUT2D eigenvalue weighted by molar-refractivity contribution is 0.450. The molecular formula is C9H14ClNO. The summed E-state index contributed by atoms with van der Waals surface area (Å²) in [6.45, 7) is 2.13. The summed E-state index contributed by atoms with van der Waals surface area (Å²) in [6.07, 6.45) is 5.69. The average molecular weight is 188 g/mol. The zero-order valence-corrected chi connectivity index (χ0v) is 8.10. The summed E-state index contributed by atoms with van der Waals surface area (Å²) in [5, 5.41) is 0.